The average Bonchev–Trinajstić information content (AvgIpc) is 2.93. The number of hydrogen-bond acceptors (Lipinski definition) is 3. The van der Waals surface area contributed by atoms with Crippen molar-refractivity contribution < 1.29 is 14.1 Å². The first kappa shape index (κ1) is 17.9. The summed E-state index contributed by atoms with van der Waals surface area (Å²) in [6, 6.07) is 14.4. The molecule has 3 aromatic rings. The third-order valence-corrected chi connectivity index (χ3v) is 5.38. The lowest BCUT2D eigenvalue weighted by atomic mass is 9.98. The number of halogens is 1. The fraction of sp³-hybridized carbons (Fsp3) is 0.238. The van der Waals surface area contributed by atoms with Crippen molar-refractivity contribution in [2.45, 2.75) is 6.04 Å². The van der Waals surface area contributed by atoms with Crippen LogP contribution in [0.4, 0.5) is 0 Å². The van der Waals surface area contributed by atoms with Gasteiger partial charge in [0.25, 0.3) is 5.91 Å². The zero-order valence-corrected chi connectivity index (χ0v) is 16.7. The van der Waals surface area contributed by atoms with Crippen LogP contribution in [0.1, 0.15) is 27.7 Å². The summed E-state index contributed by atoms with van der Waals surface area (Å²) in [5.74, 6) is -0.0588. The number of rotatable bonds is 4. The van der Waals surface area contributed by atoms with Gasteiger partial charge in [-0.3, -0.25) is 9.59 Å². The molecule has 2 heterocycles. The highest BCUT2D eigenvalue weighted by atomic mass is 79.9. The summed E-state index contributed by atoms with van der Waals surface area (Å²) >= 11 is 3.50. The lowest BCUT2D eigenvalue weighted by molar-refractivity contribution is -0.857. The second-order valence-corrected chi connectivity index (χ2v) is 8.00. The Kier molecular flexibility index (Phi) is 4.61. The molecule has 1 aliphatic rings. The van der Waals surface area contributed by atoms with Crippen LogP contribution in [0, 0.1) is 0 Å². The van der Waals surface area contributed by atoms with Gasteiger partial charge in [-0.05, 0) is 29.8 Å². The van der Waals surface area contributed by atoms with Crippen molar-refractivity contribution in [2.75, 3.05) is 27.2 Å². The molecule has 0 unspecified atom stereocenters. The molecule has 0 spiro atoms. The molecule has 0 fully saturated rings. The number of para-hydroxylation sites is 1. The lowest BCUT2D eigenvalue weighted by Gasteiger charge is -2.25. The Morgan fingerprint density at radius 2 is 1.89 bits per heavy atom. The van der Waals surface area contributed by atoms with Crippen LogP contribution < -0.4 is 10.3 Å². The Balaban J connectivity index is 1.94. The summed E-state index contributed by atoms with van der Waals surface area (Å²) in [6.45, 7) is 1.32. The summed E-state index contributed by atoms with van der Waals surface area (Å²) in [7, 11) is 4.08. The van der Waals surface area contributed by atoms with Crippen LogP contribution in [0.3, 0.4) is 0 Å². The van der Waals surface area contributed by atoms with Crippen LogP contribution >= 0.6 is 15.9 Å². The number of benzene rings is 2. The van der Waals surface area contributed by atoms with Crippen LogP contribution in [0.15, 0.2) is 62.2 Å². The zero-order valence-electron chi connectivity index (χ0n) is 15.2. The molecule has 1 atom stereocenters. The number of carbonyl (C=O) groups excluding carboxylic acids is 1. The van der Waals surface area contributed by atoms with Crippen molar-refractivity contribution in [1.29, 1.82) is 0 Å². The van der Waals surface area contributed by atoms with E-state index < -0.39 is 6.04 Å². The van der Waals surface area contributed by atoms with Gasteiger partial charge in [0, 0.05) is 4.47 Å². The first-order valence-corrected chi connectivity index (χ1v) is 9.68. The van der Waals surface area contributed by atoms with Gasteiger partial charge in [-0.25, -0.2) is 0 Å². The molecular weight excluding hydrogens is 408 g/mol. The molecule has 0 saturated heterocycles. The molecule has 4 rings (SSSR count). The minimum absolute atomic E-state index is 0.134. The first-order valence-electron chi connectivity index (χ1n) is 8.88. The molecule has 1 aliphatic heterocycles. The Morgan fingerprint density at radius 1 is 1.11 bits per heavy atom. The Hall–Kier alpha value is -2.44. The molecule has 6 heteroatoms. The van der Waals surface area contributed by atoms with Crippen molar-refractivity contribution in [3.8, 4) is 0 Å². The van der Waals surface area contributed by atoms with Gasteiger partial charge in [0.05, 0.1) is 44.2 Å². The van der Waals surface area contributed by atoms with Crippen LogP contribution in [0.2, 0.25) is 0 Å². The van der Waals surface area contributed by atoms with Gasteiger partial charge in [-0.1, -0.05) is 40.2 Å². The number of hydrogen-bond donors (Lipinski definition) is 1. The summed E-state index contributed by atoms with van der Waals surface area (Å²) in [6.07, 6.45) is 0. The highest BCUT2D eigenvalue weighted by Gasteiger charge is 2.42. The van der Waals surface area contributed by atoms with Gasteiger partial charge in [-0.2, -0.15) is 0 Å². The van der Waals surface area contributed by atoms with E-state index >= 15 is 0 Å². The van der Waals surface area contributed by atoms with Crippen LogP contribution in [-0.2, 0) is 0 Å². The predicted octanol–water partition coefficient (Wildman–Crippen LogP) is 2.25. The maximum Gasteiger partial charge on any atom is 0.291 e. The van der Waals surface area contributed by atoms with E-state index in [9.17, 15) is 9.59 Å². The molecule has 0 aliphatic carbocycles. The first-order chi connectivity index (χ1) is 13.0. The smallest absolute Gasteiger partial charge is 0.291 e. The SMILES string of the molecule is C[NH+](C)CCN1C(=O)c2oc3ccccc3c(=O)c2[C@@H]1c1cccc(Br)c1. The topological polar surface area (TPSA) is 55.0 Å². The van der Waals surface area contributed by atoms with Crippen molar-refractivity contribution >= 4 is 32.8 Å². The van der Waals surface area contributed by atoms with E-state index in [1.165, 1.54) is 4.90 Å². The summed E-state index contributed by atoms with van der Waals surface area (Å²) < 4.78 is 6.81. The summed E-state index contributed by atoms with van der Waals surface area (Å²) in [5.41, 5.74) is 1.64. The van der Waals surface area contributed by atoms with E-state index in [1.54, 1.807) is 23.1 Å². The third kappa shape index (κ3) is 3.09. The predicted molar refractivity (Wildman–Crippen MR) is 107 cm³/mol. The van der Waals surface area contributed by atoms with Gasteiger partial charge < -0.3 is 14.2 Å². The van der Waals surface area contributed by atoms with Crippen molar-refractivity contribution in [2.24, 2.45) is 0 Å². The van der Waals surface area contributed by atoms with Gasteiger partial charge >= 0.3 is 0 Å². The Labute approximate surface area is 165 Å². The lowest BCUT2D eigenvalue weighted by Crippen LogP contribution is -3.06. The molecular formula is C21H20BrN2O3+. The number of likely N-dealkylation sites (N-methyl/N-ethyl adjacent to an activating group) is 1. The van der Waals surface area contributed by atoms with Gasteiger partial charge in [0.15, 0.2) is 5.43 Å². The van der Waals surface area contributed by atoms with E-state index in [2.05, 4.69) is 15.9 Å². The molecule has 2 aromatic carbocycles. The van der Waals surface area contributed by atoms with E-state index in [0.29, 0.717) is 23.1 Å². The van der Waals surface area contributed by atoms with Crippen LogP contribution in [0.25, 0.3) is 11.0 Å². The fourth-order valence-corrected chi connectivity index (χ4v) is 3.98. The third-order valence-electron chi connectivity index (χ3n) is 4.89. The number of nitrogens with one attached hydrogen (secondary N) is 1. The molecule has 27 heavy (non-hydrogen) atoms. The molecule has 138 valence electrons. The minimum Gasteiger partial charge on any atom is -0.450 e. The largest absolute Gasteiger partial charge is 0.450 e. The normalized spacial score (nSPS) is 16.4. The number of amides is 1. The zero-order chi connectivity index (χ0) is 19.1. The highest BCUT2D eigenvalue weighted by Crippen LogP contribution is 2.38. The van der Waals surface area contributed by atoms with E-state index in [1.807, 2.05) is 44.4 Å². The van der Waals surface area contributed by atoms with Gasteiger partial charge in [0.2, 0.25) is 5.76 Å². The van der Waals surface area contributed by atoms with E-state index in [-0.39, 0.29) is 17.1 Å². The van der Waals surface area contributed by atoms with E-state index in [4.69, 9.17) is 4.42 Å². The number of carbonyl (C=O) groups is 1. The minimum atomic E-state index is -0.440. The number of nitrogens with zero attached hydrogens (tertiary/aromatic N) is 1. The highest BCUT2D eigenvalue weighted by molar-refractivity contribution is 9.10. The quantitative estimate of drug-likeness (QED) is 0.694. The van der Waals surface area contributed by atoms with Crippen molar-refractivity contribution in [1.82, 2.24) is 4.90 Å². The monoisotopic (exact) mass is 427 g/mol. The molecule has 1 aromatic heterocycles. The van der Waals surface area contributed by atoms with Gasteiger partial charge in [-0.15, -0.1) is 0 Å². The van der Waals surface area contributed by atoms with E-state index in [0.717, 1.165) is 16.6 Å². The fourth-order valence-electron chi connectivity index (χ4n) is 3.57. The van der Waals surface area contributed by atoms with Crippen molar-refractivity contribution in [3.63, 3.8) is 0 Å². The standard InChI is InChI=1S/C21H19BrN2O3/c1-23(2)10-11-24-18(13-6-5-7-14(22)12-13)17-19(25)15-8-3-4-9-16(15)27-20(17)21(24)26/h3-9,12,18H,10-11H2,1-2H3/p+1/t18-/m0/s1. The van der Waals surface area contributed by atoms with Gasteiger partial charge in [0.1, 0.15) is 5.58 Å². The number of fused-ring (bicyclic) bond motifs is 2. The molecule has 0 bridgehead atoms. The Bertz CT molecular complexity index is 1090. The molecule has 1 N–H and O–H groups in total. The maximum atomic E-state index is 13.3. The Morgan fingerprint density at radius 3 is 2.63 bits per heavy atom. The van der Waals surface area contributed by atoms with Crippen LogP contribution in [0.5, 0.6) is 0 Å². The number of quaternary nitrogens is 1. The average molecular weight is 428 g/mol. The molecule has 0 saturated carbocycles. The molecule has 5 nitrogen and oxygen atoms in total. The second-order valence-electron chi connectivity index (χ2n) is 7.08. The van der Waals surface area contributed by atoms with Crippen LogP contribution in [-0.4, -0.2) is 38.0 Å². The summed E-state index contributed by atoms with van der Waals surface area (Å²) in [5, 5.41) is 0.504. The van der Waals surface area contributed by atoms with Crippen molar-refractivity contribution in [3.05, 3.63) is 80.1 Å². The molecule has 1 amide bonds. The second kappa shape index (κ2) is 6.94. The molecule has 0 radical (unpaired) electrons. The summed E-state index contributed by atoms with van der Waals surface area (Å²) in [4.78, 5) is 29.4. The maximum absolute atomic E-state index is 13.3.